The Kier molecular flexibility index (Phi) is 5.25. The minimum atomic E-state index is -0.715. The highest BCUT2D eigenvalue weighted by molar-refractivity contribution is 6.39. The Bertz CT molecular complexity index is 235. The first kappa shape index (κ1) is 11.4. The highest BCUT2D eigenvalue weighted by Gasteiger charge is 2.14. The number of carbonyl (C=O) groups excluding carboxylic acids is 1. The molecule has 0 radical (unpaired) electrons. The van der Waals surface area contributed by atoms with E-state index >= 15 is 0 Å². The quantitative estimate of drug-likeness (QED) is 0.293. The summed E-state index contributed by atoms with van der Waals surface area (Å²) in [6.45, 7) is 3.33. The first-order chi connectivity index (χ1) is 6.15. The maximum atomic E-state index is 11.0. The zero-order chi connectivity index (χ0) is 10.3. The molecule has 0 fully saturated rings. The van der Waals surface area contributed by atoms with Crippen molar-refractivity contribution in [3.05, 3.63) is 0 Å². The minimum absolute atomic E-state index is 0.0359. The fourth-order valence-corrected chi connectivity index (χ4v) is 0.640. The SMILES string of the molecule is CCOC(=O)C(CC(C)=NO)=NO. The van der Waals surface area contributed by atoms with Crippen LogP contribution in [0.25, 0.3) is 0 Å². The second kappa shape index (κ2) is 5.99. The van der Waals surface area contributed by atoms with Gasteiger partial charge in [0, 0.05) is 6.42 Å². The Labute approximate surface area is 75.5 Å². The standard InChI is InChI=1S/C7H12N2O4/c1-3-13-7(10)6(9-12)4-5(2)8-11/h11-12H,3-4H2,1-2H3. The Hall–Kier alpha value is -1.59. The second-order valence-corrected chi connectivity index (χ2v) is 2.28. The van der Waals surface area contributed by atoms with Crippen LogP contribution in [0.1, 0.15) is 20.3 Å². The molecule has 0 aliphatic rings. The smallest absolute Gasteiger partial charge is 0.356 e. The lowest BCUT2D eigenvalue weighted by Gasteiger charge is -2.02. The third-order valence-corrected chi connectivity index (χ3v) is 1.23. The van der Waals surface area contributed by atoms with E-state index in [1.807, 2.05) is 0 Å². The number of hydrogen-bond donors (Lipinski definition) is 2. The van der Waals surface area contributed by atoms with Crippen LogP contribution in [0, 0.1) is 0 Å². The summed E-state index contributed by atoms with van der Waals surface area (Å²) in [7, 11) is 0. The molecule has 0 heterocycles. The summed E-state index contributed by atoms with van der Waals surface area (Å²) in [5.41, 5.74) is 0.0815. The Balaban J connectivity index is 4.29. The van der Waals surface area contributed by atoms with Gasteiger partial charge in [0.05, 0.1) is 12.3 Å². The van der Waals surface area contributed by atoms with Gasteiger partial charge in [0.1, 0.15) is 0 Å². The average Bonchev–Trinajstić information content (AvgIpc) is 2.14. The van der Waals surface area contributed by atoms with Gasteiger partial charge >= 0.3 is 5.97 Å². The number of carbonyl (C=O) groups is 1. The number of hydrogen-bond acceptors (Lipinski definition) is 6. The molecule has 0 amide bonds. The molecule has 0 aromatic carbocycles. The predicted octanol–water partition coefficient (Wildman–Crippen LogP) is 0.620. The topological polar surface area (TPSA) is 91.5 Å². The molecule has 0 aromatic heterocycles. The van der Waals surface area contributed by atoms with Gasteiger partial charge in [-0.05, 0) is 13.8 Å². The van der Waals surface area contributed by atoms with Gasteiger partial charge in [0.25, 0.3) is 0 Å². The van der Waals surface area contributed by atoms with Crippen LogP contribution >= 0.6 is 0 Å². The van der Waals surface area contributed by atoms with Crippen molar-refractivity contribution < 1.29 is 19.9 Å². The van der Waals surface area contributed by atoms with Gasteiger partial charge in [0.15, 0.2) is 5.71 Å². The van der Waals surface area contributed by atoms with E-state index in [9.17, 15) is 4.79 Å². The molecule has 74 valence electrons. The van der Waals surface area contributed by atoms with E-state index < -0.39 is 5.97 Å². The molecule has 0 unspecified atom stereocenters. The van der Waals surface area contributed by atoms with Gasteiger partial charge in [-0.1, -0.05) is 10.3 Å². The number of ether oxygens (including phenoxy) is 1. The Morgan fingerprint density at radius 3 is 2.38 bits per heavy atom. The Morgan fingerprint density at radius 1 is 1.38 bits per heavy atom. The zero-order valence-corrected chi connectivity index (χ0v) is 7.52. The molecule has 0 spiro atoms. The molecule has 6 heteroatoms. The maximum absolute atomic E-state index is 11.0. The maximum Gasteiger partial charge on any atom is 0.356 e. The van der Waals surface area contributed by atoms with Crippen molar-refractivity contribution >= 4 is 17.4 Å². The van der Waals surface area contributed by atoms with Gasteiger partial charge in [0.2, 0.25) is 0 Å². The summed E-state index contributed by atoms with van der Waals surface area (Å²) in [5, 5.41) is 22.3. The minimum Gasteiger partial charge on any atom is -0.461 e. The fourth-order valence-electron chi connectivity index (χ4n) is 0.640. The molecule has 0 rings (SSSR count). The van der Waals surface area contributed by atoms with E-state index in [1.165, 1.54) is 6.92 Å². The fraction of sp³-hybridized carbons (Fsp3) is 0.571. The van der Waals surface area contributed by atoms with Crippen molar-refractivity contribution in [2.75, 3.05) is 6.61 Å². The van der Waals surface area contributed by atoms with Crippen LogP contribution in [0.2, 0.25) is 0 Å². The molecule has 13 heavy (non-hydrogen) atoms. The van der Waals surface area contributed by atoms with Crippen molar-refractivity contribution in [3.63, 3.8) is 0 Å². The Morgan fingerprint density at radius 2 is 2.00 bits per heavy atom. The predicted molar refractivity (Wildman–Crippen MR) is 45.4 cm³/mol. The van der Waals surface area contributed by atoms with Crippen LogP contribution in [0.4, 0.5) is 0 Å². The van der Waals surface area contributed by atoms with E-state index in [2.05, 4.69) is 15.0 Å². The van der Waals surface area contributed by atoms with E-state index in [0.29, 0.717) is 0 Å². The molecule has 0 aliphatic carbocycles. The van der Waals surface area contributed by atoms with Gasteiger partial charge in [-0.15, -0.1) is 0 Å². The van der Waals surface area contributed by atoms with Crippen LogP contribution in [0.15, 0.2) is 10.3 Å². The van der Waals surface area contributed by atoms with E-state index in [-0.39, 0.29) is 24.5 Å². The second-order valence-electron chi connectivity index (χ2n) is 2.28. The average molecular weight is 188 g/mol. The van der Waals surface area contributed by atoms with E-state index in [4.69, 9.17) is 10.4 Å². The van der Waals surface area contributed by atoms with Crippen LogP contribution in [-0.2, 0) is 9.53 Å². The molecule has 0 aliphatic heterocycles. The van der Waals surface area contributed by atoms with Gasteiger partial charge in [-0.3, -0.25) is 0 Å². The molecular formula is C7H12N2O4. The summed E-state index contributed by atoms with van der Waals surface area (Å²) in [6.07, 6.45) is -0.0359. The van der Waals surface area contributed by atoms with Crippen LogP contribution in [-0.4, -0.2) is 34.4 Å². The molecule has 0 atom stereocenters. The lowest BCUT2D eigenvalue weighted by molar-refractivity contribution is -0.135. The lowest BCUT2D eigenvalue weighted by Crippen LogP contribution is -2.20. The van der Waals surface area contributed by atoms with E-state index in [1.54, 1.807) is 6.92 Å². The first-order valence-electron chi connectivity index (χ1n) is 3.71. The van der Waals surface area contributed by atoms with Gasteiger partial charge in [-0.2, -0.15) is 0 Å². The summed E-state index contributed by atoms with van der Waals surface area (Å²) >= 11 is 0. The highest BCUT2D eigenvalue weighted by atomic mass is 16.5. The molecule has 0 saturated heterocycles. The van der Waals surface area contributed by atoms with Crippen molar-refractivity contribution in [1.82, 2.24) is 0 Å². The third-order valence-electron chi connectivity index (χ3n) is 1.23. The van der Waals surface area contributed by atoms with Crippen LogP contribution in [0.5, 0.6) is 0 Å². The van der Waals surface area contributed by atoms with Gasteiger partial charge in [-0.25, -0.2) is 4.79 Å². The van der Waals surface area contributed by atoms with Crippen molar-refractivity contribution in [3.8, 4) is 0 Å². The van der Waals surface area contributed by atoms with Crippen molar-refractivity contribution in [1.29, 1.82) is 0 Å². The van der Waals surface area contributed by atoms with E-state index in [0.717, 1.165) is 0 Å². The van der Waals surface area contributed by atoms with Crippen LogP contribution in [0.3, 0.4) is 0 Å². The monoisotopic (exact) mass is 188 g/mol. The number of esters is 1. The lowest BCUT2D eigenvalue weighted by atomic mass is 10.2. The molecule has 0 bridgehead atoms. The summed E-state index contributed by atoms with van der Waals surface area (Å²) in [6, 6.07) is 0. The summed E-state index contributed by atoms with van der Waals surface area (Å²) < 4.78 is 4.57. The van der Waals surface area contributed by atoms with Crippen molar-refractivity contribution in [2.24, 2.45) is 10.3 Å². The van der Waals surface area contributed by atoms with Crippen molar-refractivity contribution in [2.45, 2.75) is 20.3 Å². The first-order valence-corrected chi connectivity index (χ1v) is 3.71. The van der Waals surface area contributed by atoms with Gasteiger partial charge < -0.3 is 15.2 Å². The number of nitrogens with zero attached hydrogens (tertiary/aromatic N) is 2. The third kappa shape index (κ3) is 4.09. The molecule has 0 aromatic rings. The molecular weight excluding hydrogens is 176 g/mol. The normalized spacial score (nSPS) is 12.8. The largest absolute Gasteiger partial charge is 0.461 e. The van der Waals surface area contributed by atoms with Crippen LogP contribution < -0.4 is 0 Å². The summed E-state index contributed by atoms with van der Waals surface area (Å²) in [4.78, 5) is 11.0. The molecule has 2 N–H and O–H groups in total. The summed E-state index contributed by atoms with van der Waals surface area (Å²) in [5.74, 6) is -0.715. The number of oxime groups is 2. The zero-order valence-electron chi connectivity index (χ0n) is 7.52. The molecule has 0 saturated carbocycles. The highest BCUT2D eigenvalue weighted by Crippen LogP contribution is 1.94. The number of rotatable bonds is 4. The molecule has 6 nitrogen and oxygen atoms in total.